The zero-order valence-electron chi connectivity index (χ0n) is 14.7. The standard InChI is InChI=1S/C22H19ClINO2/c23-19-10-12-20(13-11-19)24-21-9-5-4-8-18(21)14-15-25-22(26)27-16-17-6-2-1-3-7-17/h1-13H,14-16H2/p+1. The summed E-state index contributed by atoms with van der Waals surface area (Å²) in [7, 11) is 0. The first-order valence-corrected chi connectivity index (χ1v) is 11.2. The molecule has 1 amide bonds. The summed E-state index contributed by atoms with van der Waals surface area (Å²) < 4.78 is 7.93. The van der Waals surface area contributed by atoms with E-state index in [-0.39, 0.29) is 33.9 Å². The van der Waals surface area contributed by atoms with E-state index in [1.54, 1.807) is 0 Å². The highest BCUT2D eigenvalue weighted by atomic mass is 127. The second kappa shape index (κ2) is 10.3. The molecule has 0 atom stereocenters. The lowest BCUT2D eigenvalue weighted by Gasteiger charge is -2.07. The molecule has 0 bridgehead atoms. The van der Waals surface area contributed by atoms with Crippen LogP contribution < -0.4 is 26.5 Å². The van der Waals surface area contributed by atoms with Crippen LogP contribution in [-0.2, 0) is 17.8 Å². The van der Waals surface area contributed by atoms with Crippen LogP contribution in [0, 0.1) is 7.14 Å². The van der Waals surface area contributed by atoms with Crippen LogP contribution >= 0.6 is 11.6 Å². The molecular formula is C22H20ClINO2+. The van der Waals surface area contributed by atoms with E-state index in [9.17, 15) is 4.79 Å². The van der Waals surface area contributed by atoms with Gasteiger partial charge in [-0.25, -0.2) is 4.79 Å². The van der Waals surface area contributed by atoms with Crippen molar-refractivity contribution in [3.63, 3.8) is 0 Å². The Balaban J connectivity index is 1.49. The first kappa shape index (κ1) is 19.7. The van der Waals surface area contributed by atoms with Gasteiger partial charge in [0.05, 0.1) is 0 Å². The minimum atomic E-state index is -0.385. The second-order valence-corrected chi connectivity index (χ2v) is 9.24. The molecular weight excluding hydrogens is 473 g/mol. The number of halogens is 2. The van der Waals surface area contributed by atoms with E-state index < -0.39 is 0 Å². The summed E-state index contributed by atoms with van der Waals surface area (Å²) in [5.41, 5.74) is 2.24. The SMILES string of the molecule is O=C(NCCc1ccccc1[I+]c1ccc(Cl)cc1)OCc1ccccc1. The maximum atomic E-state index is 11.9. The highest BCUT2D eigenvalue weighted by molar-refractivity contribution is 6.30. The smallest absolute Gasteiger partial charge is 0.407 e. The van der Waals surface area contributed by atoms with Crippen molar-refractivity contribution in [3.8, 4) is 0 Å². The molecule has 0 spiro atoms. The molecule has 0 aliphatic heterocycles. The maximum absolute atomic E-state index is 11.9. The normalized spacial score (nSPS) is 10.4. The molecule has 3 nitrogen and oxygen atoms in total. The number of rotatable bonds is 7. The number of nitrogens with one attached hydrogen (secondary N) is 1. The predicted molar refractivity (Wildman–Crippen MR) is 104 cm³/mol. The topological polar surface area (TPSA) is 38.3 Å². The molecule has 0 aromatic heterocycles. The molecule has 27 heavy (non-hydrogen) atoms. The Morgan fingerprint density at radius 2 is 1.63 bits per heavy atom. The van der Waals surface area contributed by atoms with Crippen molar-refractivity contribution >= 4 is 17.7 Å². The molecule has 0 aliphatic rings. The number of hydrogen-bond donors (Lipinski definition) is 1. The number of alkyl carbamates (subject to hydrolysis) is 1. The summed E-state index contributed by atoms with van der Waals surface area (Å²) in [6.45, 7) is 0.834. The summed E-state index contributed by atoms with van der Waals surface area (Å²) in [6.07, 6.45) is 0.396. The van der Waals surface area contributed by atoms with E-state index in [1.807, 2.05) is 48.5 Å². The van der Waals surface area contributed by atoms with Gasteiger partial charge in [0.2, 0.25) is 0 Å². The Morgan fingerprint density at radius 3 is 2.41 bits per heavy atom. The summed E-state index contributed by atoms with van der Waals surface area (Å²) >= 11 is 5.69. The average molecular weight is 493 g/mol. The van der Waals surface area contributed by atoms with Gasteiger partial charge in [-0.2, -0.15) is 0 Å². The van der Waals surface area contributed by atoms with Crippen molar-refractivity contribution in [2.45, 2.75) is 13.0 Å². The van der Waals surface area contributed by atoms with E-state index in [4.69, 9.17) is 16.3 Å². The molecule has 0 aliphatic carbocycles. The molecule has 3 aromatic rings. The molecule has 0 unspecified atom stereocenters. The van der Waals surface area contributed by atoms with Gasteiger partial charge in [-0.1, -0.05) is 60.1 Å². The Hall–Kier alpha value is -2.05. The lowest BCUT2D eigenvalue weighted by Crippen LogP contribution is -3.61. The van der Waals surface area contributed by atoms with Crippen molar-refractivity contribution < 1.29 is 30.7 Å². The van der Waals surface area contributed by atoms with Gasteiger partial charge in [0, 0.05) is 17.1 Å². The fraction of sp³-hybridized carbons (Fsp3) is 0.136. The van der Waals surface area contributed by atoms with Crippen molar-refractivity contribution in [1.29, 1.82) is 0 Å². The van der Waals surface area contributed by atoms with Gasteiger partial charge in [-0.3, -0.25) is 0 Å². The van der Waals surface area contributed by atoms with Crippen LogP contribution in [0.1, 0.15) is 11.1 Å². The summed E-state index contributed by atoms with van der Waals surface area (Å²) in [5, 5.41) is 3.59. The van der Waals surface area contributed by atoms with Crippen molar-refractivity contribution in [3.05, 3.63) is 102 Å². The highest BCUT2D eigenvalue weighted by Gasteiger charge is 2.19. The molecule has 3 rings (SSSR count). The van der Waals surface area contributed by atoms with Crippen molar-refractivity contribution in [2.24, 2.45) is 0 Å². The lowest BCUT2D eigenvalue weighted by atomic mass is 10.1. The minimum Gasteiger partial charge on any atom is -0.445 e. The quantitative estimate of drug-likeness (QED) is 0.512. The molecule has 0 saturated heterocycles. The van der Waals surface area contributed by atoms with Crippen LogP contribution in [0.15, 0.2) is 78.9 Å². The van der Waals surface area contributed by atoms with E-state index in [2.05, 4.69) is 35.6 Å². The van der Waals surface area contributed by atoms with Gasteiger partial charge < -0.3 is 10.1 Å². The Morgan fingerprint density at radius 1 is 0.926 bits per heavy atom. The molecule has 0 fully saturated rings. The zero-order chi connectivity index (χ0) is 18.9. The molecule has 0 heterocycles. The monoisotopic (exact) mass is 492 g/mol. The summed E-state index contributed by atoms with van der Waals surface area (Å²) in [4.78, 5) is 11.9. The molecule has 138 valence electrons. The third-order valence-corrected chi connectivity index (χ3v) is 7.08. The molecule has 1 N–H and O–H groups in total. The van der Waals surface area contributed by atoms with E-state index in [1.165, 1.54) is 12.7 Å². The molecule has 5 heteroatoms. The van der Waals surface area contributed by atoms with Gasteiger partial charge in [-0.05, 0) is 42.3 Å². The lowest BCUT2D eigenvalue weighted by molar-refractivity contribution is -0.598. The first-order chi connectivity index (χ1) is 13.2. The number of carbonyl (C=O) groups is 1. The van der Waals surface area contributed by atoms with Gasteiger partial charge in [0.25, 0.3) is 0 Å². The zero-order valence-corrected chi connectivity index (χ0v) is 17.6. The summed E-state index contributed by atoms with van der Waals surface area (Å²) in [5.74, 6) is 0. The number of ether oxygens (including phenoxy) is 1. The molecule has 3 aromatic carbocycles. The average Bonchev–Trinajstić information content (AvgIpc) is 2.70. The maximum Gasteiger partial charge on any atom is 0.407 e. The molecule has 0 radical (unpaired) electrons. The van der Waals surface area contributed by atoms with E-state index in [0.29, 0.717) is 6.54 Å². The molecule has 0 saturated carbocycles. The van der Waals surface area contributed by atoms with Crippen molar-refractivity contribution in [2.75, 3.05) is 6.54 Å². The second-order valence-electron chi connectivity index (χ2n) is 5.86. The summed E-state index contributed by atoms with van der Waals surface area (Å²) in [6, 6.07) is 26.1. The first-order valence-electron chi connectivity index (χ1n) is 8.63. The predicted octanol–water partition coefficient (Wildman–Crippen LogP) is 1.94. The van der Waals surface area contributed by atoms with Gasteiger partial charge in [-0.15, -0.1) is 0 Å². The minimum absolute atomic E-state index is 0.280. The number of hydrogen-bond acceptors (Lipinski definition) is 2. The van der Waals surface area contributed by atoms with Crippen LogP contribution in [0.25, 0.3) is 0 Å². The third kappa shape index (κ3) is 6.56. The third-order valence-electron chi connectivity index (χ3n) is 3.85. The Bertz CT molecular complexity index is 869. The van der Waals surface area contributed by atoms with Gasteiger partial charge in [0.15, 0.2) is 7.14 Å². The Kier molecular flexibility index (Phi) is 7.54. The van der Waals surface area contributed by atoms with Crippen molar-refractivity contribution in [1.82, 2.24) is 5.32 Å². The Labute approximate surface area is 175 Å². The van der Waals surface area contributed by atoms with Gasteiger partial charge in [0.1, 0.15) is 6.61 Å². The van der Waals surface area contributed by atoms with Crippen LogP contribution in [0.5, 0.6) is 0 Å². The number of amides is 1. The number of benzene rings is 3. The fourth-order valence-electron chi connectivity index (χ4n) is 2.48. The highest BCUT2D eigenvalue weighted by Crippen LogP contribution is 2.05. The van der Waals surface area contributed by atoms with E-state index >= 15 is 0 Å². The number of carbonyl (C=O) groups excluding carboxylic acids is 1. The largest absolute Gasteiger partial charge is 0.445 e. The van der Waals surface area contributed by atoms with Crippen LogP contribution in [-0.4, -0.2) is 12.6 Å². The van der Waals surface area contributed by atoms with Gasteiger partial charge >= 0.3 is 27.3 Å². The van der Waals surface area contributed by atoms with Crippen LogP contribution in [0.2, 0.25) is 5.02 Å². The fourth-order valence-corrected chi connectivity index (χ4v) is 5.18. The van der Waals surface area contributed by atoms with Crippen LogP contribution in [0.4, 0.5) is 4.79 Å². The van der Waals surface area contributed by atoms with E-state index in [0.717, 1.165) is 17.0 Å². The van der Waals surface area contributed by atoms with Crippen LogP contribution in [0.3, 0.4) is 0 Å².